The van der Waals surface area contributed by atoms with Crippen LogP contribution in [0, 0.1) is 6.92 Å². The van der Waals surface area contributed by atoms with Gasteiger partial charge in [-0.1, -0.05) is 6.07 Å². The summed E-state index contributed by atoms with van der Waals surface area (Å²) < 4.78 is 5.61. The topological polar surface area (TPSA) is 68.5 Å². The van der Waals surface area contributed by atoms with E-state index < -0.39 is 0 Å². The van der Waals surface area contributed by atoms with E-state index in [1.54, 1.807) is 6.07 Å². The second kappa shape index (κ2) is 6.63. The lowest BCUT2D eigenvalue weighted by Gasteiger charge is -2.31. The predicted molar refractivity (Wildman–Crippen MR) is 72.9 cm³/mol. The Morgan fingerprint density at radius 1 is 1.47 bits per heavy atom. The maximum atomic E-state index is 12.3. The van der Waals surface area contributed by atoms with E-state index in [-0.39, 0.29) is 12.0 Å². The number of aryl methyl sites for hydroxylation is 1. The molecule has 0 unspecified atom stereocenters. The van der Waals surface area contributed by atoms with Gasteiger partial charge in [0, 0.05) is 25.3 Å². The zero-order valence-electron chi connectivity index (χ0n) is 11.3. The second-order valence-corrected chi connectivity index (χ2v) is 4.82. The van der Waals surface area contributed by atoms with Gasteiger partial charge in [0.15, 0.2) is 0 Å². The number of hydrogen-bond acceptors (Lipinski definition) is 4. The highest BCUT2D eigenvalue weighted by Crippen LogP contribution is 2.15. The number of ether oxygens (including phenoxy) is 1. The van der Waals surface area contributed by atoms with E-state index in [1.807, 2.05) is 24.0 Å². The minimum Gasteiger partial charge on any atom is -0.377 e. The summed E-state index contributed by atoms with van der Waals surface area (Å²) in [5.74, 6) is 0.0148. The van der Waals surface area contributed by atoms with Crippen molar-refractivity contribution in [2.24, 2.45) is 5.73 Å². The molecule has 0 spiro atoms. The molecule has 1 fully saturated rings. The van der Waals surface area contributed by atoms with Crippen molar-refractivity contribution in [2.45, 2.75) is 25.9 Å². The molecule has 2 rings (SSSR count). The summed E-state index contributed by atoms with van der Waals surface area (Å²) >= 11 is 0. The molecule has 0 bridgehead atoms. The van der Waals surface area contributed by atoms with Crippen LogP contribution in [0.25, 0.3) is 0 Å². The van der Waals surface area contributed by atoms with Crippen LogP contribution in [0.2, 0.25) is 0 Å². The van der Waals surface area contributed by atoms with Gasteiger partial charge < -0.3 is 15.4 Å². The molecule has 0 aromatic carbocycles. The van der Waals surface area contributed by atoms with Crippen LogP contribution in [0.3, 0.4) is 0 Å². The fourth-order valence-electron chi connectivity index (χ4n) is 2.28. The van der Waals surface area contributed by atoms with Crippen molar-refractivity contribution in [1.82, 2.24) is 9.88 Å². The first kappa shape index (κ1) is 14.0. The quantitative estimate of drug-likeness (QED) is 0.879. The second-order valence-electron chi connectivity index (χ2n) is 4.82. The van der Waals surface area contributed by atoms with E-state index in [2.05, 4.69) is 4.98 Å². The highest BCUT2D eigenvalue weighted by atomic mass is 16.5. The molecule has 1 amide bonds. The lowest BCUT2D eigenvalue weighted by Crippen LogP contribution is -2.41. The van der Waals surface area contributed by atoms with E-state index in [1.165, 1.54) is 0 Å². The molecule has 5 nitrogen and oxygen atoms in total. The number of hydrogen-bond donors (Lipinski definition) is 1. The van der Waals surface area contributed by atoms with Crippen LogP contribution < -0.4 is 5.73 Å². The number of carbonyl (C=O) groups excluding carboxylic acids is 1. The van der Waals surface area contributed by atoms with Gasteiger partial charge in [0.05, 0.1) is 12.7 Å². The zero-order valence-corrected chi connectivity index (χ0v) is 11.3. The number of amides is 1. The summed E-state index contributed by atoms with van der Waals surface area (Å²) in [4.78, 5) is 18.4. The highest BCUT2D eigenvalue weighted by Gasteiger charge is 2.24. The molecule has 1 saturated heterocycles. The van der Waals surface area contributed by atoms with Crippen molar-refractivity contribution in [1.29, 1.82) is 0 Å². The SMILES string of the molecule is Cc1cccc(C(=O)N2CCC(OCCN)CC2)n1. The van der Waals surface area contributed by atoms with Crippen molar-refractivity contribution in [2.75, 3.05) is 26.2 Å². The predicted octanol–water partition coefficient (Wildman–Crippen LogP) is 0.970. The summed E-state index contributed by atoms with van der Waals surface area (Å²) in [7, 11) is 0. The molecular formula is C14H21N3O2. The van der Waals surface area contributed by atoms with Gasteiger partial charge >= 0.3 is 0 Å². The zero-order chi connectivity index (χ0) is 13.7. The minimum absolute atomic E-state index is 0.0148. The van der Waals surface area contributed by atoms with Gasteiger partial charge in [0.1, 0.15) is 5.69 Å². The average Bonchev–Trinajstić information content (AvgIpc) is 2.45. The Kier molecular flexibility index (Phi) is 4.87. The number of pyridine rings is 1. The van der Waals surface area contributed by atoms with Crippen LogP contribution in [-0.4, -0.2) is 48.1 Å². The average molecular weight is 263 g/mol. The normalized spacial score (nSPS) is 16.6. The number of rotatable bonds is 4. The fourth-order valence-corrected chi connectivity index (χ4v) is 2.28. The Morgan fingerprint density at radius 3 is 2.84 bits per heavy atom. The van der Waals surface area contributed by atoms with Crippen molar-refractivity contribution < 1.29 is 9.53 Å². The number of piperidine rings is 1. The molecular weight excluding hydrogens is 242 g/mol. The van der Waals surface area contributed by atoms with Crippen LogP contribution >= 0.6 is 0 Å². The van der Waals surface area contributed by atoms with Gasteiger partial charge in [-0.15, -0.1) is 0 Å². The molecule has 19 heavy (non-hydrogen) atoms. The fraction of sp³-hybridized carbons (Fsp3) is 0.571. The van der Waals surface area contributed by atoms with Crippen molar-refractivity contribution in [3.05, 3.63) is 29.6 Å². The largest absolute Gasteiger partial charge is 0.377 e. The summed E-state index contributed by atoms with van der Waals surface area (Å²) in [6.45, 7) is 4.49. The van der Waals surface area contributed by atoms with Crippen molar-refractivity contribution >= 4 is 5.91 Å². The molecule has 1 aliphatic rings. The van der Waals surface area contributed by atoms with Crippen LogP contribution in [-0.2, 0) is 4.74 Å². The smallest absolute Gasteiger partial charge is 0.272 e. The van der Waals surface area contributed by atoms with Crippen molar-refractivity contribution in [3.8, 4) is 0 Å². The maximum Gasteiger partial charge on any atom is 0.272 e. The van der Waals surface area contributed by atoms with E-state index >= 15 is 0 Å². The number of carbonyl (C=O) groups is 1. The lowest BCUT2D eigenvalue weighted by atomic mass is 10.1. The Labute approximate surface area is 113 Å². The monoisotopic (exact) mass is 263 g/mol. The van der Waals surface area contributed by atoms with E-state index in [4.69, 9.17) is 10.5 Å². The molecule has 0 atom stereocenters. The molecule has 104 valence electrons. The highest BCUT2D eigenvalue weighted by molar-refractivity contribution is 5.92. The molecule has 5 heteroatoms. The van der Waals surface area contributed by atoms with Gasteiger partial charge in [-0.25, -0.2) is 4.98 Å². The first-order valence-corrected chi connectivity index (χ1v) is 6.75. The van der Waals surface area contributed by atoms with Gasteiger partial charge in [-0.2, -0.15) is 0 Å². The number of nitrogens with two attached hydrogens (primary N) is 1. The molecule has 1 aliphatic heterocycles. The summed E-state index contributed by atoms with van der Waals surface area (Å²) in [6, 6.07) is 5.53. The molecule has 0 aliphatic carbocycles. The van der Waals surface area contributed by atoms with E-state index in [0.29, 0.717) is 18.8 Å². The first-order valence-electron chi connectivity index (χ1n) is 6.75. The minimum atomic E-state index is 0.0148. The molecule has 2 heterocycles. The summed E-state index contributed by atoms with van der Waals surface area (Å²) in [5, 5.41) is 0. The van der Waals surface area contributed by atoms with Gasteiger partial charge in [-0.3, -0.25) is 4.79 Å². The van der Waals surface area contributed by atoms with Crippen LogP contribution in [0.15, 0.2) is 18.2 Å². The standard InChI is InChI=1S/C14H21N3O2/c1-11-3-2-4-13(16-11)14(18)17-8-5-12(6-9-17)19-10-7-15/h2-4,12H,5-10,15H2,1H3. The third kappa shape index (κ3) is 3.75. The van der Waals surface area contributed by atoms with Gasteiger partial charge in [0.2, 0.25) is 0 Å². The Bertz CT molecular complexity index is 428. The number of aromatic nitrogens is 1. The molecule has 1 aromatic heterocycles. The number of likely N-dealkylation sites (tertiary alicyclic amines) is 1. The molecule has 0 saturated carbocycles. The molecule has 0 radical (unpaired) electrons. The van der Waals surface area contributed by atoms with Crippen LogP contribution in [0.5, 0.6) is 0 Å². The maximum absolute atomic E-state index is 12.3. The first-order chi connectivity index (χ1) is 9.20. The van der Waals surface area contributed by atoms with E-state index in [9.17, 15) is 4.79 Å². The number of nitrogens with zero attached hydrogens (tertiary/aromatic N) is 2. The Morgan fingerprint density at radius 2 is 2.21 bits per heavy atom. The Hall–Kier alpha value is -1.46. The van der Waals surface area contributed by atoms with Crippen LogP contribution in [0.4, 0.5) is 0 Å². The molecule has 1 aromatic rings. The summed E-state index contributed by atoms with van der Waals surface area (Å²) in [6.07, 6.45) is 1.98. The molecule has 2 N–H and O–H groups in total. The third-order valence-electron chi connectivity index (χ3n) is 3.31. The third-order valence-corrected chi connectivity index (χ3v) is 3.31. The van der Waals surface area contributed by atoms with Gasteiger partial charge in [0.25, 0.3) is 5.91 Å². The van der Waals surface area contributed by atoms with Crippen molar-refractivity contribution in [3.63, 3.8) is 0 Å². The lowest BCUT2D eigenvalue weighted by molar-refractivity contribution is 0.0120. The van der Waals surface area contributed by atoms with Crippen LogP contribution in [0.1, 0.15) is 29.0 Å². The van der Waals surface area contributed by atoms with Gasteiger partial charge in [-0.05, 0) is 31.9 Å². The summed E-state index contributed by atoms with van der Waals surface area (Å²) in [5.41, 5.74) is 6.81. The Balaban J connectivity index is 1.89. The van der Waals surface area contributed by atoms with E-state index in [0.717, 1.165) is 31.6 Å².